The van der Waals surface area contributed by atoms with Gasteiger partial charge in [-0.25, -0.2) is 4.98 Å². The van der Waals surface area contributed by atoms with Gasteiger partial charge in [0.25, 0.3) is 0 Å². The molecule has 1 aromatic heterocycles. The molecule has 2 rings (SSSR count). The molecule has 1 heterocycles. The number of aromatic nitrogens is 1. The van der Waals surface area contributed by atoms with Crippen LogP contribution >= 0.6 is 11.6 Å². The Balaban J connectivity index is 1.75. The van der Waals surface area contributed by atoms with Crippen molar-refractivity contribution in [3.8, 4) is 0 Å². The van der Waals surface area contributed by atoms with E-state index in [9.17, 15) is 0 Å². The number of nitrogens with one attached hydrogen (secondary N) is 2. The standard InChI is InChI=1S/C15H22ClN3O/c1-3-7-18-11(2)6-8-17-10-15-19-13-9-12(16)4-5-14(13)20-15/h4-5,9,11,17-18H,3,6-8,10H2,1-2H3. The Morgan fingerprint density at radius 1 is 1.35 bits per heavy atom. The summed E-state index contributed by atoms with van der Waals surface area (Å²) < 4.78 is 5.65. The molecule has 0 saturated carbocycles. The second kappa shape index (κ2) is 7.62. The molecule has 4 nitrogen and oxygen atoms in total. The van der Waals surface area contributed by atoms with Gasteiger partial charge in [-0.2, -0.15) is 0 Å². The first-order valence-electron chi connectivity index (χ1n) is 7.18. The SMILES string of the molecule is CCCNC(C)CCNCc1nc2cc(Cl)ccc2o1. The molecule has 0 bridgehead atoms. The van der Waals surface area contributed by atoms with E-state index in [1.54, 1.807) is 0 Å². The lowest BCUT2D eigenvalue weighted by Gasteiger charge is -2.12. The number of hydrogen-bond acceptors (Lipinski definition) is 4. The molecular weight excluding hydrogens is 274 g/mol. The van der Waals surface area contributed by atoms with Crippen molar-refractivity contribution in [3.05, 3.63) is 29.1 Å². The van der Waals surface area contributed by atoms with Gasteiger partial charge in [-0.05, 0) is 51.1 Å². The van der Waals surface area contributed by atoms with Crippen LogP contribution in [0.25, 0.3) is 11.1 Å². The number of nitrogens with zero attached hydrogens (tertiary/aromatic N) is 1. The molecular formula is C15H22ClN3O. The molecule has 0 fully saturated rings. The fourth-order valence-electron chi connectivity index (χ4n) is 2.03. The Hall–Kier alpha value is -1.10. The molecule has 1 unspecified atom stereocenters. The van der Waals surface area contributed by atoms with Crippen LogP contribution in [0.4, 0.5) is 0 Å². The van der Waals surface area contributed by atoms with Crippen LogP contribution in [-0.2, 0) is 6.54 Å². The van der Waals surface area contributed by atoms with Gasteiger partial charge in [-0.3, -0.25) is 0 Å². The van der Waals surface area contributed by atoms with E-state index < -0.39 is 0 Å². The van der Waals surface area contributed by atoms with Crippen molar-refractivity contribution in [1.29, 1.82) is 0 Å². The molecule has 0 saturated heterocycles. The van der Waals surface area contributed by atoms with Crippen LogP contribution in [0.3, 0.4) is 0 Å². The zero-order valence-electron chi connectivity index (χ0n) is 12.1. The van der Waals surface area contributed by atoms with E-state index in [2.05, 4.69) is 29.5 Å². The van der Waals surface area contributed by atoms with E-state index in [0.29, 0.717) is 23.5 Å². The third kappa shape index (κ3) is 4.47. The fraction of sp³-hybridized carbons (Fsp3) is 0.533. The third-order valence-corrected chi connectivity index (χ3v) is 3.40. The molecule has 0 spiro atoms. The van der Waals surface area contributed by atoms with Gasteiger partial charge in [0.15, 0.2) is 5.58 Å². The molecule has 5 heteroatoms. The molecule has 0 aliphatic heterocycles. The summed E-state index contributed by atoms with van der Waals surface area (Å²) in [4.78, 5) is 4.41. The predicted molar refractivity (Wildman–Crippen MR) is 83.1 cm³/mol. The minimum absolute atomic E-state index is 0.532. The molecule has 0 amide bonds. The van der Waals surface area contributed by atoms with Crippen molar-refractivity contribution in [2.45, 2.75) is 39.3 Å². The molecule has 0 aliphatic rings. The van der Waals surface area contributed by atoms with Crippen LogP contribution < -0.4 is 10.6 Å². The molecule has 2 N–H and O–H groups in total. The zero-order chi connectivity index (χ0) is 14.4. The summed E-state index contributed by atoms with van der Waals surface area (Å²) in [6.45, 7) is 7.05. The van der Waals surface area contributed by atoms with E-state index in [1.807, 2.05) is 18.2 Å². The van der Waals surface area contributed by atoms with Crippen LogP contribution in [0.5, 0.6) is 0 Å². The predicted octanol–water partition coefficient (Wildman–Crippen LogP) is 3.35. The van der Waals surface area contributed by atoms with Gasteiger partial charge in [-0.1, -0.05) is 18.5 Å². The lowest BCUT2D eigenvalue weighted by atomic mass is 10.2. The van der Waals surface area contributed by atoms with Crippen molar-refractivity contribution in [2.75, 3.05) is 13.1 Å². The number of rotatable bonds is 8. The van der Waals surface area contributed by atoms with Crippen LogP contribution in [0.15, 0.2) is 22.6 Å². The Bertz CT molecular complexity index is 541. The molecule has 20 heavy (non-hydrogen) atoms. The Morgan fingerprint density at radius 3 is 3.00 bits per heavy atom. The highest BCUT2D eigenvalue weighted by atomic mass is 35.5. The van der Waals surface area contributed by atoms with Gasteiger partial charge in [0.2, 0.25) is 5.89 Å². The molecule has 2 aromatic rings. The molecule has 110 valence electrons. The third-order valence-electron chi connectivity index (χ3n) is 3.17. The largest absolute Gasteiger partial charge is 0.439 e. The highest BCUT2D eigenvalue weighted by Crippen LogP contribution is 2.19. The Morgan fingerprint density at radius 2 is 2.20 bits per heavy atom. The van der Waals surface area contributed by atoms with Crippen molar-refractivity contribution in [1.82, 2.24) is 15.6 Å². The first-order chi connectivity index (χ1) is 9.69. The average molecular weight is 296 g/mol. The van der Waals surface area contributed by atoms with Crippen LogP contribution in [0.1, 0.15) is 32.6 Å². The molecule has 0 radical (unpaired) electrons. The second-order valence-electron chi connectivity index (χ2n) is 5.04. The van der Waals surface area contributed by atoms with Crippen molar-refractivity contribution < 1.29 is 4.42 Å². The number of oxazole rings is 1. The first kappa shape index (κ1) is 15.3. The summed E-state index contributed by atoms with van der Waals surface area (Å²) in [5.74, 6) is 0.705. The van der Waals surface area contributed by atoms with E-state index in [-0.39, 0.29) is 0 Å². The van der Waals surface area contributed by atoms with Gasteiger partial charge < -0.3 is 15.1 Å². The van der Waals surface area contributed by atoms with Gasteiger partial charge in [0, 0.05) is 11.1 Å². The van der Waals surface area contributed by atoms with E-state index in [1.165, 1.54) is 6.42 Å². The number of halogens is 1. The maximum atomic E-state index is 5.93. The quantitative estimate of drug-likeness (QED) is 0.733. The van der Waals surface area contributed by atoms with Gasteiger partial charge in [0.1, 0.15) is 5.52 Å². The molecule has 1 aromatic carbocycles. The van der Waals surface area contributed by atoms with Crippen molar-refractivity contribution in [2.24, 2.45) is 0 Å². The lowest BCUT2D eigenvalue weighted by Crippen LogP contribution is -2.30. The number of hydrogen-bond donors (Lipinski definition) is 2. The Labute approximate surface area is 124 Å². The van der Waals surface area contributed by atoms with Crippen LogP contribution in [0.2, 0.25) is 5.02 Å². The number of fused-ring (bicyclic) bond motifs is 1. The van der Waals surface area contributed by atoms with E-state index in [0.717, 1.165) is 30.6 Å². The second-order valence-corrected chi connectivity index (χ2v) is 5.48. The van der Waals surface area contributed by atoms with Gasteiger partial charge in [0.05, 0.1) is 6.54 Å². The van der Waals surface area contributed by atoms with Crippen LogP contribution in [0, 0.1) is 0 Å². The van der Waals surface area contributed by atoms with Gasteiger partial charge in [-0.15, -0.1) is 0 Å². The summed E-state index contributed by atoms with van der Waals surface area (Å²) in [5.41, 5.74) is 1.59. The smallest absolute Gasteiger partial charge is 0.209 e. The molecule has 1 atom stereocenters. The van der Waals surface area contributed by atoms with Crippen molar-refractivity contribution >= 4 is 22.7 Å². The first-order valence-corrected chi connectivity index (χ1v) is 7.56. The lowest BCUT2D eigenvalue weighted by molar-refractivity contribution is 0.461. The summed E-state index contributed by atoms with van der Waals surface area (Å²) in [6, 6.07) is 6.02. The maximum Gasteiger partial charge on any atom is 0.209 e. The normalized spacial score (nSPS) is 12.9. The summed E-state index contributed by atoms with van der Waals surface area (Å²) in [6.07, 6.45) is 2.26. The zero-order valence-corrected chi connectivity index (χ0v) is 12.8. The average Bonchev–Trinajstić information content (AvgIpc) is 2.83. The highest BCUT2D eigenvalue weighted by molar-refractivity contribution is 6.31. The van der Waals surface area contributed by atoms with Gasteiger partial charge >= 0.3 is 0 Å². The minimum Gasteiger partial charge on any atom is -0.439 e. The summed E-state index contributed by atoms with van der Waals surface area (Å²) in [7, 11) is 0. The fourth-order valence-corrected chi connectivity index (χ4v) is 2.20. The monoisotopic (exact) mass is 295 g/mol. The maximum absolute atomic E-state index is 5.93. The Kier molecular flexibility index (Phi) is 5.83. The van der Waals surface area contributed by atoms with E-state index in [4.69, 9.17) is 16.0 Å². The number of benzene rings is 1. The van der Waals surface area contributed by atoms with Crippen LogP contribution in [-0.4, -0.2) is 24.1 Å². The highest BCUT2D eigenvalue weighted by Gasteiger charge is 2.06. The summed E-state index contributed by atoms with van der Waals surface area (Å²) >= 11 is 5.93. The topological polar surface area (TPSA) is 50.1 Å². The van der Waals surface area contributed by atoms with Crippen molar-refractivity contribution in [3.63, 3.8) is 0 Å². The van der Waals surface area contributed by atoms with E-state index >= 15 is 0 Å². The summed E-state index contributed by atoms with van der Waals surface area (Å²) in [5, 5.41) is 7.50. The molecule has 0 aliphatic carbocycles. The minimum atomic E-state index is 0.532.